The van der Waals surface area contributed by atoms with Gasteiger partial charge in [-0.1, -0.05) is 30.1 Å². The summed E-state index contributed by atoms with van der Waals surface area (Å²) in [7, 11) is 0. The van der Waals surface area contributed by atoms with Crippen LogP contribution in [0.25, 0.3) is 0 Å². The lowest BCUT2D eigenvalue weighted by Gasteiger charge is -2.50. The largest absolute Gasteiger partial charge is 0.505 e. The number of phenolic OH excluding ortho intramolecular Hbond substituents is 1. The van der Waals surface area contributed by atoms with Crippen molar-refractivity contribution in [3.8, 4) is 5.75 Å². The number of halogens is 2. The maximum atomic E-state index is 13.2. The molecule has 8 heteroatoms. The van der Waals surface area contributed by atoms with E-state index < -0.39 is 0 Å². The van der Waals surface area contributed by atoms with Gasteiger partial charge in [0.15, 0.2) is 10.9 Å². The van der Waals surface area contributed by atoms with E-state index in [2.05, 4.69) is 17.2 Å². The van der Waals surface area contributed by atoms with Crippen molar-refractivity contribution in [2.24, 2.45) is 23.2 Å². The molecule has 1 aromatic heterocycles. The molecule has 1 aromatic carbocycles. The molecular formula is C25H28Cl2N2O3S. The van der Waals surface area contributed by atoms with Gasteiger partial charge in [0, 0.05) is 29.3 Å². The third-order valence-electron chi connectivity index (χ3n) is 8.35. The summed E-state index contributed by atoms with van der Waals surface area (Å²) >= 11 is 14.2. The van der Waals surface area contributed by atoms with Gasteiger partial charge in [-0.05, 0) is 79.9 Å². The number of aromatic hydroxyl groups is 1. The summed E-state index contributed by atoms with van der Waals surface area (Å²) in [6.07, 6.45) is 6.88. The van der Waals surface area contributed by atoms with Crippen molar-refractivity contribution in [3.05, 3.63) is 38.3 Å². The number of phenols is 1. The van der Waals surface area contributed by atoms with Crippen LogP contribution < -0.4 is 5.32 Å². The zero-order chi connectivity index (χ0) is 23.5. The van der Waals surface area contributed by atoms with E-state index in [1.54, 1.807) is 6.20 Å². The third kappa shape index (κ3) is 3.88. The van der Waals surface area contributed by atoms with Crippen LogP contribution in [0.4, 0.5) is 5.13 Å². The molecule has 2 saturated carbocycles. The number of hydrogen-bond acceptors (Lipinski definition) is 5. The number of anilines is 1. The predicted molar refractivity (Wildman–Crippen MR) is 131 cm³/mol. The number of aryl methyl sites for hydroxylation is 1. The Bertz CT molecular complexity index is 1130. The number of nitrogens with zero attached hydrogens (tertiary/aromatic N) is 1. The molecule has 33 heavy (non-hydrogen) atoms. The molecule has 3 aliphatic carbocycles. The third-order valence-corrected chi connectivity index (χ3v) is 9.87. The Morgan fingerprint density at radius 1 is 1.36 bits per heavy atom. The SMILES string of the molecule is Cc1cnc(NC(=O)CC[C@@H]2CC(=O)[C@@]3(C)CCC4c5cc(Cl)c(O)c(Cl)c5CCC4C23)s1. The van der Waals surface area contributed by atoms with Gasteiger partial charge in [0.1, 0.15) is 5.78 Å². The first kappa shape index (κ1) is 23.1. The molecule has 5 rings (SSSR count). The first-order chi connectivity index (χ1) is 15.7. The normalized spacial score (nSPS) is 30.5. The number of ketones is 1. The number of benzene rings is 1. The van der Waals surface area contributed by atoms with E-state index >= 15 is 0 Å². The topological polar surface area (TPSA) is 79.3 Å². The molecule has 0 saturated heterocycles. The van der Waals surface area contributed by atoms with E-state index in [-0.39, 0.29) is 34.8 Å². The van der Waals surface area contributed by atoms with Crippen LogP contribution in [0, 0.1) is 30.1 Å². The van der Waals surface area contributed by atoms with E-state index in [1.165, 1.54) is 11.3 Å². The number of thiazole rings is 1. The molecule has 0 bridgehead atoms. The molecule has 2 aromatic rings. The lowest BCUT2D eigenvalue weighted by atomic mass is 9.54. The molecule has 5 atom stereocenters. The van der Waals surface area contributed by atoms with Crippen LogP contribution in [-0.2, 0) is 16.0 Å². The number of carbonyl (C=O) groups is 2. The molecule has 0 aliphatic heterocycles. The maximum Gasteiger partial charge on any atom is 0.226 e. The minimum Gasteiger partial charge on any atom is -0.505 e. The van der Waals surface area contributed by atoms with Gasteiger partial charge >= 0.3 is 0 Å². The van der Waals surface area contributed by atoms with Gasteiger partial charge in [-0.15, -0.1) is 11.3 Å². The van der Waals surface area contributed by atoms with Gasteiger partial charge in [0.25, 0.3) is 0 Å². The van der Waals surface area contributed by atoms with Crippen molar-refractivity contribution >= 4 is 51.4 Å². The van der Waals surface area contributed by atoms with E-state index in [1.807, 2.05) is 13.0 Å². The molecule has 3 unspecified atom stereocenters. The van der Waals surface area contributed by atoms with Crippen LogP contribution in [0.3, 0.4) is 0 Å². The fourth-order valence-corrected chi connectivity index (χ4v) is 8.12. The van der Waals surface area contributed by atoms with Gasteiger partial charge in [0.2, 0.25) is 5.91 Å². The number of nitrogens with one attached hydrogen (secondary N) is 1. The Morgan fingerprint density at radius 2 is 2.15 bits per heavy atom. The smallest absolute Gasteiger partial charge is 0.226 e. The minimum absolute atomic E-state index is 0.0356. The fourth-order valence-electron chi connectivity index (χ4n) is 6.87. The van der Waals surface area contributed by atoms with Crippen molar-refractivity contribution in [2.75, 3.05) is 5.32 Å². The zero-order valence-electron chi connectivity index (χ0n) is 18.8. The van der Waals surface area contributed by atoms with E-state index in [0.717, 1.165) is 41.7 Å². The van der Waals surface area contributed by atoms with E-state index in [9.17, 15) is 14.7 Å². The average molecular weight is 507 g/mol. The summed E-state index contributed by atoms with van der Waals surface area (Å²) < 4.78 is 0. The van der Waals surface area contributed by atoms with Crippen molar-refractivity contribution in [3.63, 3.8) is 0 Å². The molecule has 2 N–H and O–H groups in total. The van der Waals surface area contributed by atoms with Crippen LogP contribution in [0.15, 0.2) is 12.3 Å². The van der Waals surface area contributed by atoms with Crippen molar-refractivity contribution < 1.29 is 14.7 Å². The highest BCUT2D eigenvalue weighted by atomic mass is 35.5. The second kappa shape index (κ2) is 8.54. The average Bonchev–Trinajstić information content (AvgIpc) is 3.30. The summed E-state index contributed by atoms with van der Waals surface area (Å²) in [4.78, 5) is 31.0. The van der Waals surface area contributed by atoms with Gasteiger partial charge in [-0.3, -0.25) is 9.59 Å². The first-order valence-electron chi connectivity index (χ1n) is 11.6. The fraction of sp³-hybridized carbons (Fsp3) is 0.560. The quantitative estimate of drug-likeness (QED) is 0.493. The number of rotatable bonds is 4. The standard InChI is InChI=1S/C25H28Cl2N2O3S/c1-12-11-28-24(33-12)29-20(31)6-3-13-9-19(30)25(2)8-7-14-15(21(13)25)4-5-16-17(14)10-18(26)23(32)22(16)27/h10-11,13-15,21,32H,3-9H2,1-2H3,(H,28,29,31)/t13-,14?,15?,21?,25-/m1/s1. The number of aromatic nitrogens is 1. The zero-order valence-corrected chi connectivity index (χ0v) is 21.1. The lowest BCUT2D eigenvalue weighted by Crippen LogP contribution is -2.44. The molecule has 0 radical (unpaired) electrons. The Balaban J connectivity index is 1.37. The summed E-state index contributed by atoms with van der Waals surface area (Å²) in [5.41, 5.74) is 1.81. The Morgan fingerprint density at radius 3 is 2.88 bits per heavy atom. The van der Waals surface area contributed by atoms with Crippen LogP contribution in [0.5, 0.6) is 5.75 Å². The van der Waals surface area contributed by atoms with Crippen LogP contribution in [-0.4, -0.2) is 21.8 Å². The van der Waals surface area contributed by atoms with Crippen molar-refractivity contribution in [1.29, 1.82) is 0 Å². The highest BCUT2D eigenvalue weighted by Crippen LogP contribution is 2.63. The molecule has 1 heterocycles. The second-order valence-corrected chi connectivity index (χ2v) is 12.1. The molecule has 176 valence electrons. The molecule has 1 amide bonds. The van der Waals surface area contributed by atoms with Gasteiger partial charge in [-0.25, -0.2) is 4.98 Å². The Kier molecular flexibility index (Phi) is 5.99. The second-order valence-electron chi connectivity index (χ2n) is 10.1. The number of Topliss-reactive ketones (excluding diaryl/α,β-unsaturated/α-hetero) is 1. The molecule has 3 aliphatic rings. The monoisotopic (exact) mass is 506 g/mol. The number of carbonyl (C=O) groups excluding carboxylic acids is 2. The van der Waals surface area contributed by atoms with Gasteiger partial charge in [0.05, 0.1) is 10.0 Å². The summed E-state index contributed by atoms with van der Waals surface area (Å²) in [5, 5.41) is 14.4. The molecular weight excluding hydrogens is 479 g/mol. The van der Waals surface area contributed by atoms with Gasteiger partial charge < -0.3 is 10.4 Å². The Hall–Kier alpha value is -1.63. The molecule has 0 spiro atoms. The lowest BCUT2D eigenvalue weighted by molar-refractivity contribution is -0.129. The highest BCUT2D eigenvalue weighted by molar-refractivity contribution is 7.15. The predicted octanol–water partition coefficient (Wildman–Crippen LogP) is 6.53. The summed E-state index contributed by atoms with van der Waals surface area (Å²) in [5.74, 6) is 1.35. The maximum absolute atomic E-state index is 13.2. The summed E-state index contributed by atoms with van der Waals surface area (Å²) in [6, 6.07) is 1.88. The van der Waals surface area contributed by atoms with Crippen molar-refractivity contribution in [1.82, 2.24) is 4.98 Å². The summed E-state index contributed by atoms with van der Waals surface area (Å²) in [6.45, 7) is 4.10. The van der Waals surface area contributed by atoms with E-state index in [4.69, 9.17) is 23.2 Å². The molecule has 5 nitrogen and oxygen atoms in total. The number of hydrogen-bond donors (Lipinski definition) is 2. The molecule has 2 fully saturated rings. The van der Waals surface area contributed by atoms with Gasteiger partial charge in [-0.2, -0.15) is 0 Å². The van der Waals surface area contributed by atoms with Crippen LogP contribution >= 0.6 is 34.5 Å². The van der Waals surface area contributed by atoms with Crippen LogP contribution in [0.1, 0.15) is 67.4 Å². The van der Waals surface area contributed by atoms with E-state index in [0.29, 0.717) is 46.1 Å². The number of amides is 1. The highest BCUT2D eigenvalue weighted by Gasteiger charge is 2.58. The van der Waals surface area contributed by atoms with Crippen LogP contribution in [0.2, 0.25) is 10.0 Å². The van der Waals surface area contributed by atoms with Crippen molar-refractivity contribution in [2.45, 2.75) is 64.7 Å². The minimum atomic E-state index is -0.323. The number of fused-ring (bicyclic) bond motifs is 5. The Labute approximate surface area is 207 Å². The first-order valence-corrected chi connectivity index (χ1v) is 13.2.